The molecule has 0 aliphatic rings. The van der Waals surface area contributed by atoms with Crippen molar-refractivity contribution >= 4 is 29.5 Å². The Kier molecular flexibility index (Phi) is 4.42. The monoisotopic (exact) mass is 247 g/mol. The van der Waals surface area contributed by atoms with Crippen LogP contribution in [0, 0.1) is 5.82 Å². The average molecular weight is 248 g/mol. The molecule has 2 nitrogen and oxygen atoms in total. The first-order valence-electron chi connectivity index (χ1n) is 4.38. The summed E-state index contributed by atoms with van der Waals surface area (Å²) in [5.74, 6) is -0.306. The Balaban J connectivity index is 2.65. The average Bonchev–Trinajstić information content (AvgIpc) is 2.18. The van der Waals surface area contributed by atoms with Crippen LogP contribution in [0.5, 0.6) is 0 Å². The number of likely N-dealkylation sites (N-methyl/N-ethyl adjacent to an activating group) is 1. The van der Waals surface area contributed by atoms with Gasteiger partial charge in [0.2, 0.25) is 0 Å². The van der Waals surface area contributed by atoms with Gasteiger partial charge in [0.1, 0.15) is 5.82 Å². The Morgan fingerprint density at radius 3 is 2.87 bits per heavy atom. The number of rotatable bonds is 3. The van der Waals surface area contributed by atoms with E-state index < -0.39 is 0 Å². The molecule has 0 bridgehead atoms. The molecule has 0 aromatic heterocycles. The Bertz CT molecular complexity index is 372. The number of hydrogen-bond donors (Lipinski definition) is 1. The van der Waals surface area contributed by atoms with Gasteiger partial charge < -0.3 is 4.90 Å². The summed E-state index contributed by atoms with van der Waals surface area (Å²) in [5, 5.41) is 0.156. The van der Waals surface area contributed by atoms with E-state index in [4.69, 9.17) is 11.6 Å². The van der Waals surface area contributed by atoms with Gasteiger partial charge in [0, 0.05) is 18.6 Å². The lowest BCUT2D eigenvalue weighted by Crippen LogP contribution is -2.23. The molecule has 0 aliphatic carbocycles. The minimum Gasteiger partial charge on any atom is -0.337 e. The van der Waals surface area contributed by atoms with Crippen LogP contribution in [0.25, 0.3) is 0 Å². The van der Waals surface area contributed by atoms with Gasteiger partial charge in [-0.05, 0) is 30.2 Å². The SMILES string of the molecule is CN(CCc1cc(Cl)ccc1F)C(=O)S. The van der Waals surface area contributed by atoms with Gasteiger partial charge in [0.15, 0.2) is 0 Å². The van der Waals surface area contributed by atoms with Crippen molar-refractivity contribution in [3.8, 4) is 0 Å². The van der Waals surface area contributed by atoms with E-state index in [9.17, 15) is 9.18 Å². The molecule has 1 aromatic rings. The highest BCUT2D eigenvalue weighted by Gasteiger charge is 2.06. The second kappa shape index (κ2) is 5.37. The summed E-state index contributed by atoms with van der Waals surface area (Å²) in [6, 6.07) is 4.38. The van der Waals surface area contributed by atoms with E-state index in [0.29, 0.717) is 23.6 Å². The first-order valence-corrected chi connectivity index (χ1v) is 5.21. The van der Waals surface area contributed by atoms with Crippen molar-refractivity contribution in [1.29, 1.82) is 0 Å². The highest BCUT2D eigenvalue weighted by atomic mass is 35.5. The van der Waals surface area contributed by atoms with E-state index in [1.54, 1.807) is 13.1 Å². The third-order valence-corrected chi connectivity index (χ3v) is 2.63. The third kappa shape index (κ3) is 3.72. The minimum absolute atomic E-state index is 0.306. The van der Waals surface area contributed by atoms with Crippen molar-refractivity contribution in [3.05, 3.63) is 34.6 Å². The molecule has 0 fully saturated rings. The third-order valence-electron chi connectivity index (χ3n) is 2.05. The predicted molar refractivity (Wildman–Crippen MR) is 62.1 cm³/mol. The van der Waals surface area contributed by atoms with Crippen LogP contribution in [-0.2, 0) is 6.42 Å². The van der Waals surface area contributed by atoms with Crippen molar-refractivity contribution in [2.45, 2.75) is 6.42 Å². The van der Waals surface area contributed by atoms with E-state index in [0.717, 1.165) is 0 Å². The van der Waals surface area contributed by atoms with Crippen LogP contribution in [0.15, 0.2) is 18.2 Å². The normalized spacial score (nSPS) is 10.1. The Labute approximate surface area is 98.4 Å². The van der Waals surface area contributed by atoms with Crippen LogP contribution < -0.4 is 0 Å². The van der Waals surface area contributed by atoms with Crippen LogP contribution in [0.3, 0.4) is 0 Å². The molecule has 1 aromatic carbocycles. The second-order valence-electron chi connectivity index (χ2n) is 3.19. The topological polar surface area (TPSA) is 20.3 Å². The zero-order chi connectivity index (χ0) is 11.4. The molecular weight excluding hydrogens is 237 g/mol. The van der Waals surface area contributed by atoms with Gasteiger partial charge in [0.05, 0.1) is 0 Å². The molecule has 0 aliphatic heterocycles. The van der Waals surface area contributed by atoms with E-state index in [1.165, 1.54) is 17.0 Å². The van der Waals surface area contributed by atoms with Gasteiger partial charge in [0.25, 0.3) is 5.24 Å². The number of nitrogens with zero attached hydrogens (tertiary/aromatic N) is 1. The fourth-order valence-electron chi connectivity index (χ4n) is 1.12. The van der Waals surface area contributed by atoms with Crippen molar-refractivity contribution in [2.24, 2.45) is 0 Å². The molecule has 0 spiro atoms. The van der Waals surface area contributed by atoms with E-state index in [-0.39, 0.29) is 11.1 Å². The summed E-state index contributed by atoms with van der Waals surface area (Å²) >= 11 is 9.39. The largest absolute Gasteiger partial charge is 0.337 e. The zero-order valence-corrected chi connectivity index (χ0v) is 9.86. The second-order valence-corrected chi connectivity index (χ2v) is 4.01. The number of carbonyl (C=O) groups excluding carboxylic acids is 1. The molecule has 1 amide bonds. The molecule has 0 atom stereocenters. The fraction of sp³-hybridized carbons (Fsp3) is 0.300. The Morgan fingerprint density at radius 2 is 2.27 bits per heavy atom. The number of benzene rings is 1. The van der Waals surface area contributed by atoms with Crippen LogP contribution in [0.1, 0.15) is 5.56 Å². The maximum atomic E-state index is 13.2. The maximum absolute atomic E-state index is 13.2. The highest BCUT2D eigenvalue weighted by molar-refractivity contribution is 7.96. The molecule has 1 rings (SSSR count). The van der Waals surface area contributed by atoms with E-state index in [1.807, 2.05) is 0 Å². The Morgan fingerprint density at radius 1 is 1.60 bits per heavy atom. The molecule has 5 heteroatoms. The summed E-state index contributed by atoms with van der Waals surface area (Å²) in [5.41, 5.74) is 0.504. The van der Waals surface area contributed by atoms with Crippen molar-refractivity contribution in [2.75, 3.05) is 13.6 Å². The standard InChI is InChI=1S/C10H11ClFNOS/c1-13(10(14)15)5-4-7-6-8(11)2-3-9(7)12/h2-3,6H,4-5H2,1H3,(H,14,15). The van der Waals surface area contributed by atoms with Gasteiger partial charge >= 0.3 is 0 Å². The lowest BCUT2D eigenvalue weighted by molar-refractivity contribution is 0.234. The number of thiol groups is 1. The number of halogens is 2. The number of amides is 1. The molecule has 0 N–H and O–H groups in total. The van der Waals surface area contributed by atoms with Gasteiger partial charge in [-0.3, -0.25) is 4.79 Å². The van der Waals surface area contributed by atoms with Crippen molar-refractivity contribution in [1.82, 2.24) is 4.90 Å². The molecule has 0 saturated carbocycles. The molecule has 0 saturated heterocycles. The van der Waals surface area contributed by atoms with Crippen molar-refractivity contribution in [3.63, 3.8) is 0 Å². The smallest absolute Gasteiger partial charge is 0.278 e. The van der Waals surface area contributed by atoms with E-state index >= 15 is 0 Å². The van der Waals surface area contributed by atoms with Crippen LogP contribution in [0.4, 0.5) is 9.18 Å². The van der Waals surface area contributed by atoms with Crippen LogP contribution in [0.2, 0.25) is 5.02 Å². The van der Waals surface area contributed by atoms with Gasteiger partial charge in [-0.1, -0.05) is 24.2 Å². The lowest BCUT2D eigenvalue weighted by atomic mass is 10.1. The summed E-state index contributed by atoms with van der Waals surface area (Å²) in [4.78, 5) is 12.2. The molecule has 82 valence electrons. The summed E-state index contributed by atoms with van der Waals surface area (Å²) < 4.78 is 13.2. The predicted octanol–water partition coefficient (Wildman–Crippen LogP) is 3.00. The van der Waals surface area contributed by atoms with Gasteiger partial charge in [-0.15, -0.1) is 0 Å². The first kappa shape index (κ1) is 12.3. The summed E-state index contributed by atoms with van der Waals surface area (Å²) in [7, 11) is 1.61. The first-order chi connectivity index (χ1) is 7.00. The number of hydrogen-bond acceptors (Lipinski definition) is 1. The zero-order valence-electron chi connectivity index (χ0n) is 8.20. The molecule has 0 heterocycles. The minimum atomic E-state index is -0.336. The number of carbonyl (C=O) groups is 1. The molecule has 0 unspecified atom stereocenters. The van der Waals surface area contributed by atoms with Gasteiger partial charge in [-0.2, -0.15) is 0 Å². The Hall–Kier alpha value is -0.740. The fourth-order valence-corrected chi connectivity index (χ4v) is 1.41. The van der Waals surface area contributed by atoms with Crippen LogP contribution >= 0.6 is 24.2 Å². The summed E-state index contributed by atoms with van der Waals surface area (Å²) in [6.45, 7) is 0.416. The molecule has 0 radical (unpaired) electrons. The lowest BCUT2D eigenvalue weighted by Gasteiger charge is -2.13. The summed E-state index contributed by atoms with van der Waals surface area (Å²) in [6.07, 6.45) is 0.426. The van der Waals surface area contributed by atoms with Crippen LogP contribution in [-0.4, -0.2) is 23.7 Å². The molecule has 15 heavy (non-hydrogen) atoms. The highest BCUT2D eigenvalue weighted by Crippen LogP contribution is 2.15. The van der Waals surface area contributed by atoms with Crippen molar-refractivity contribution < 1.29 is 9.18 Å². The van der Waals surface area contributed by atoms with Gasteiger partial charge in [-0.25, -0.2) is 4.39 Å². The maximum Gasteiger partial charge on any atom is 0.278 e. The quantitative estimate of drug-likeness (QED) is 0.815. The molecular formula is C10H11ClFNOS. The van der Waals surface area contributed by atoms with E-state index in [2.05, 4.69) is 12.6 Å².